The predicted molar refractivity (Wildman–Crippen MR) is 120 cm³/mol. The lowest BCUT2D eigenvalue weighted by Crippen LogP contribution is -2.24. The molecule has 5 rings (SSSR count). The maximum atomic E-state index is 12.6. The van der Waals surface area contributed by atoms with Gasteiger partial charge in [0.1, 0.15) is 17.4 Å². The highest BCUT2D eigenvalue weighted by Crippen LogP contribution is 2.92. The lowest BCUT2D eigenvalue weighted by molar-refractivity contribution is -0.123. The van der Waals surface area contributed by atoms with Crippen molar-refractivity contribution in [3.63, 3.8) is 0 Å². The second-order valence-corrected chi connectivity index (χ2v) is 9.97. The molecule has 0 radical (unpaired) electrons. The number of aromatic nitrogens is 3. The molecule has 3 saturated carbocycles. The van der Waals surface area contributed by atoms with Crippen molar-refractivity contribution in [2.24, 2.45) is 16.7 Å². The average Bonchev–Trinajstić information content (AvgIpc) is 3.69. The van der Waals surface area contributed by atoms with Crippen LogP contribution in [0.15, 0.2) is 24.4 Å². The maximum absolute atomic E-state index is 12.6. The molecule has 0 atom stereocenters. The molecule has 3 aliphatic rings. The van der Waals surface area contributed by atoms with E-state index in [1.165, 1.54) is 30.4 Å². The topological polar surface area (TPSA) is 83.3 Å². The Labute approximate surface area is 193 Å². The van der Waals surface area contributed by atoms with Gasteiger partial charge < -0.3 is 9.47 Å². The highest BCUT2D eigenvalue weighted by Gasteiger charge is 2.88. The second kappa shape index (κ2) is 7.87. The standard InChI is InChI=1S/C22H24ClN3O4.C2H6/c1-20(2,3)30-19(28)13-4-5-15(24-18(13)23)26-11-6-16(25-26)29-12-14(27)17-21(7-8-21)22(17)9-10-22;1-2/h4-6,11,17H,7-10,12H2,1-3H3;1-2H3. The first kappa shape index (κ1) is 22.8. The van der Waals surface area contributed by atoms with Crippen LogP contribution >= 0.6 is 11.6 Å². The van der Waals surface area contributed by atoms with E-state index in [-0.39, 0.29) is 29.0 Å². The zero-order chi connectivity index (χ0) is 23.3. The van der Waals surface area contributed by atoms with Crippen molar-refractivity contribution in [3.8, 4) is 11.7 Å². The van der Waals surface area contributed by atoms with E-state index in [1.54, 1.807) is 45.2 Å². The Balaban J connectivity index is 0.00000119. The zero-order valence-electron chi connectivity index (χ0n) is 19.3. The minimum Gasteiger partial charge on any atom is -0.469 e. The Morgan fingerprint density at radius 2 is 1.75 bits per heavy atom. The van der Waals surface area contributed by atoms with E-state index < -0.39 is 11.6 Å². The zero-order valence-corrected chi connectivity index (χ0v) is 20.0. The van der Waals surface area contributed by atoms with Crippen molar-refractivity contribution >= 4 is 23.4 Å². The molecule has 0 bridgehead atoms. The Morgan fingerprint density at radius 3 is 2.28 bits per heavy atom. The fraction of sp³-hybridized carbons (Fsp3) is 0.583. The summed E-state index contributed by atoms with van der Waals surface area (Å²) in [7, 11) is 0. The molecule has 0 unspecified atom stereocenters. The van der Waals surface area contributed by atoms with Crippen molar-refractivity contribution in [1.82, 2.24) is 14.8 Å². The molecule has 2 heterocycles. The monoisotopic (exact) mass is 459 g/mol. The van der Waals surface area contributed by atoms with Crippen LogP contribution in [0.4, 0.5) is 0 Å². The molecule has 0 amide bonds. The summed E-state index contributed by atoms with van der Waals surface area (Å²) in [5, 5.41) is 4.35. The number of carbonyl (C=O) groups is 2. The summed E-state index contributed by atoms with van der Waals surface area (Å²) >= 11 is 6.19. The number of esters is 1. The van der Waals surface area contributed by atoms with Gasteiger partial charge in [-0.1, -0.05) is 25.4 Å². The van der Waals surface area contributed by atoms with E-state index in [0.717, 1.165) is 0 Å². The Hall–Kier alpha value is -2.41. The number of ether oxygens (including phenoxy) is 2. The van der Waals surface area contributed by atoms with Gasteiger partial charge in [-0.05, 0) is 69.4 Å². The van der Waals surface area contributed by atoms with E-state index in [0.29, 0.717) is 22.5 Å². The van der Waals surface area contributed by atoms with Crippen molar-refractivity contribution in [1.29, 1.82) is 0 Å². The average molecular weight is 460 g/mol. The number of fused-ring (bicyclic) bond motifs is 1. The maximum Gasteiger partial charge on any atom is 0.341 e. The van der Waals surface area contributed by atoms with E-state index in [9.17, 15) is 9.59 Å². The first-order valence-electron chi connectivity index (χ1n) is 11.3. The Bertz CT molecular complexity index is 1030. The molecule has 2 spiro atoms. The summed E-state index contributed by atoms with van der Waals surface area (Å²) < 4.78 is 12.5. The van der Waals surface area contributed by atoms with Crippen molar-refractivity contribution < 1.29 is 19.1 Å². The fourth-order valence-electron chi connectivity index (χ4n) is 4.98. The fourth-order valence-corrected chi connectivity index (χ4v) is 5.20. The van der Waals surface area contributed by atoms with Gasteiger partial charge in [-0.2, -0.15) is 0 Å². The number of rotatable bonds is 6. The predicted octanol–water partition coefficient (Wildman–Crippen LogP) is 5.04. The number of pyridine rings is 1. The van der Waals surface area contributed by atoms with Crippen LogP contribution in [-0.2, 0) is 9.53 Å². The Morgan fingerprint density at radius 1 is 1.12 bits per heavy atom. The van der Waals surface area contributed by atoms with Gasteiger partial charge in [0.25, 0.3) is 0 Å². The molecule has 0 N–H and O–H groups in total. The summed E-state index contributed by atoms with van der Waals surface area (Å²) in [5.74, 6) is 0.657. The highest BCUT2D eigenvalue weighted by atomic mass is 35.5. The number of hydrogen-bond acceptors (Lipinski definition) is 6. The van der Waals surface area contributed by atoms with Crippen LogP contribution in [0.1, 0.15) is 70.7 Å². The van der Waals surface area contributed by atoms with Crippen molar-refractivity contribution in [2.45, 2.75) is 65.9 Å². The summed E-state index contributed by atoms with van der Waals surface area (Å²) in [5.41, 5.74) is 0.243. The molecular weight excluding hydrogens is 430 g/mol. The summed E-state index contributed by atoms with van der Waals surface area (Å²) in [6.45, 7) is 9.41. The summed E-state index contributed by atoms with van der Waals surface area (Å²) in [4.78, 5) is 29.0. The molecule has 7 nitrogen and oxygen atoms in total. The van der Waals surface area contributed by atoms with Crippen LogP contribution in [0.5, 0.6) is 5.88 Å². The van der Waals surface area contributed by atoms with Crippen LogP contribution in [0.3, 0.4) is 0 Å². The van der Waals surface area contributed by atoms with Gasteiger partial charge in [0, 0.05) is 18.2 Å². The molecule has 32 heavy (non-hydrogen) atoms. The van der Waals surface area contributed by atoms with Gasteiger partial charge in [0.05, 0.1) is 5.56 Å². The SMILES string of the molecule is CC.CC(C)(C)OC(=O)c1ccc(-n2ccc(OCC(=O)C3C4(CC4)C34CC4)n2)nc1Cl. The van der Waals surface area contributed by atoms with Crippen LogP contribution in [-0.4, -0.2) is 38.7 Å². The highest BCUT2D eigenvalue weighted by molar-refractivity contribution is 6.32. The van der Waals surface area contributed by atoms with Crippen LogP contribution < -0.4 is 4.74 Å². The molecule has 0 saturated heterocycles. The third-order valence-corrected chi connectivity index (χ3v) is 6.82. The first-order valence-corrected chi connectivity index (χ1v) is 11.6. The van der Waals surface area contributed by atoms with Crippen molar-refractivity contribution in [2.75, 3.05) is 6.61 Å². The summed E-state index contributed by atoms with van der Waals surface area (Å²) in [6.07, 6.45) is 6.47. The number of halogens is 1. The molecule has 0 aromatic carbocycles. The van der Waals surface area contributed by atoms with E-state index >= 15 is 0 Å². The van der Waals surface area contributed by atoms with Gasteiger partial charge in [-0.15, -0.1) is 5.10 Å². The third kappa shape index (κ3) is 3.91. The molecule has 3 fully saturated rings. The van der Waals surface area contributed by atoms with Crippen molar-refractivity contribution in [3.05, 3.63) is 35.1 Å². The lowest BCUT2D eigenvalue weighted by atomic mass is 10.2. The second-order valence-electron chi connectivity index (χ2n) is 9.61. The Kier molecular flexibility index (Phi) is 5.60. The van der Waals surface area contributed by atoms with Crippen LogP contribution in [0.2, 0.25) is 5.15 Å². The smallest absolute Gasteiger partial charge is 0.341 e. The minimum atomic E-state index is -0.622. The lowest BCUT2D eigenvalue weighted by Gasteiger charge is -2.19. The van der Waals surface area contributed by atoms with Gasteiger partial charge >= 0.3 is 5.97 Å². The number of hydrogen-bond donors (Lipinski definition) is 0. The largest absolute Gasteiger partial charge is 0.469 e. The summed E-state index contributed by atoms with van der Waals surface area (Å²) in [6, 6.07) is 4.87. The quantitative estimate of drug-likeness (QED) is 0.444. The number of nitrogens with zero attached hydrogens (tertiary/aromatic N) is 3. The molecule has 2 aromatic heterocycles. The molecule has 0 aliphatic heterocycles. The number of ketones is 1. The van der Waals surface area contributed by atoms with E-state index in [4.69, 9.17) is 21.1 Å². The molecule has 3 aliphatic carbocycles. The van der Waals surface area contributed by atoms with Crippen LogP contribution in [0.25, 0.3) is 5.82 Å². The molecule has 8 heteroatoms. The molecule has 172 valence electrons. The van der Waals surface area contributed by atoms with Gasteiger partial charge in [-0.3, -0.25) is 4.79 Å². The van der Waals surface area contributed by atoms with Crippen LogP contribution in [0, 0.1) is 16.7 Å². The molecular formula is C24H30ClN3O4. The van der Waals surface area contributed by atoms with E-state index in [2.05, 4.69) is 10.1 Å². The number of Topliss-reactive ketones (excluding diaryl/α,β-unsaturated/α-hetero) is 1. The normalized spacial score (nSPS) is 19.2. The number of carbonyl (C=O) groups excluding carboxylic acids is 2. The van der Waals surface area contributed by atoms with Gasteiger partial charge in [-0.25, -0.2) is 14.5 Å². The first-order chi connectivity index (χ1) is 15.2. The minimum absolute atomic E-state index is 0.0353. The molecule has 2 aromatic rings. The van der Waals surface area contributed by atoms with Gasteiger partial charge in [0.15, 0.2) is 11.6 Å². The van der Waals surface area contributed by atoms with Gasteiger partial charge in [0.2, 0.25) is 5.88 Å². The third-order valence-electron chi connectivity index (χ3n) is 6.53. The van der Waals surface area contributed by atoms with E-state index in [1.807, 2.05) is 13.8 Å².